The average molecular weight is 173 g/mol. The zero-order valence-electron chi connectivity index (χ0n) is 7.79. The van der Waals surface area contributed by atoms with Crippen molar-refractivity contribution in [2.75, 3.05) is 0 Å². The molecule has 0 saturated carbocycles. The van der Waals surface area contributed by atoms with Gasteiger partial charge in [-0.1, -0.05) is 6.92 Å². The zero-order valence-corrected chi connectivity index (χ0v) is 7.79. The van der Waals surface area contributed by atoms with Crippen LogP contribution in [0.3, 0.4) is 0 Å². The van der Waals surface area contributed by atoms with Gasteiger partial charge in [-0.3, -0.25) is 14.9 Å². The molecule has 0 aromatic carbocycles. The molecule has 0 unspecified atom stereocenters. The highest BCUT2D eigenvalue weighted by Gasteiger charge is 2.30. The van der Waals surface area contributed by atoms with Crippen LogP contribution in [0.5, 0.6) is 0 Å². The second-order valence-corrected chi connectivity index (χ2v) is 3.46. The Labute approximate surface area is 72.1 Å². The minimum Gasteiger partial charge on any atom is -0.300 e. The number of ketones is 1. The number of Topliss-reactive ketones (excluding diaryl/α,β-unsaturated/α-hetero) is 1. The van der Waals surface area contributed by atoms with E-state index in [4.69, 9.17) is 0 Å². The van der Waals surface area contributed by atoms with Crippen molar-refractivity contribution in [1.82, 2.24) is 0 Å². The molecule has 0 spiro atoms. The van der Waals surface area contributed by atoms with Crippen LogP contribution in [0.2, 0.25) is 0 Å². The minimum atomic E-state index is -0.967. The van der Waals surface area contributed by atoms with Crippen LogP contribution >= 0.6 is 0 Å². The summed E-state index contributed by atoms with van der Waals surface area (Å²) in [6.07, 6.45) is 1.10. The molecule has 0 aromatic rings. The Hall–Kier alpha value is -0.930. The SMILES string of the molecule is CCC(=O)CCC(C)(C)[N+](=O)[O-]. The summed E-state index contributed by atoms with van der Waals surface area (Å²) in [5.74, 6) is 0.0879. The summed E-state index contributed by atoms with van der Waals surface area (Å²) in [4.78, 5) is 20.9. The molecule has 0 aliphatic carbocycles. The van der Waals surface area contributed by atoms with Crippen LogP contribution in [-0.4, -0.2) is 16.2 Å². The van der Waals surface area contributed by atoms with E-state index in [1.54, 1.807) is 6.92 Å². The fourth-order valence-corrected chi connectivity index (χ4v) is 0.713. The number of nitrogens with zero attached hydrogens (tertiary/aromatic N) is 1. The molecule has 0 fully saturated rings. The highest BCUT2D eigenvalue weighted by Crippen LogP contribution is 2.15. The molecule has 0 amide bonds. The van der Waals surface area contributed by atoms with Crippen LogP contribution in [-0.2, 0) is 4.79 Å². The van der Waals surface area contributed by atoms with Gasteiger partial charge in [0.15, 0.2) is 0 Å². The van der Waals surface area contributed by atoms with E-state index in [1.807, 2.05) is 0 Å². The van der Waals surface area contributed by atoms with Gasteiger partial charge in [-0.05, 0) is 0 Å². The molecule has 0 aliphatic rings. The van der Waals surface area contributed by atoms with Gasteiger partial charge < -0.3 is 0 Å². The normalized spacial score (nSPS) is 11.2. The molecular formula is C8H15NO3. The quantitative estimate of drug-likeness (QED) is 0.470. The first kappa shape index (κ1) is 11.1. The van der Waals surface area contributed by atoms with Gasteiger partial charge in [0.2, 0.25) is 5.54 Å². The lowest BCUT2D eigenvalue weighted by molar-refractivity contribution is -0.561. The lowest BCUT2D eigenvalue weighted by Gasteiger charge is -2.13. The molecule has 0 heterocycles. The lowest BCUT2D eigenvalue weighted by Crippen LogP contribution is -2.31. The van der Waals surface area contributed by atoms with E-state index < -0.39 is 5.54 Å². The first-order valence-corrected chi connectivity index (χ1v) is 4.06. The molecule has 4 heteroatoms. The predicted octanol–water partition coefficient (Wildman–Crippen LogP) is 1.80. The maximum Gasteiger partial charge on any atom is 0.217 e. The molecule has 4 nitrogen and oxygen atoms in total. The van der Waals surface area contributed by atoms with E-state index in [0.29, 0.717) is 19.3 Å². The summed E-state index contributed by atoms with van der Waals surface area (Å²) >= 11 is 0. The van der Waals surface area contributed by atoms with Gasteiger partial charge in [-0.25, -0.2) is 0 Å². The van der Waals surface area contributed by atoms with Gasteiger partial charge in [0.25, 0.3) is 0 Å². The summed E-state index contributed by atoms with van der Waals surface area (Å²) in [6.45, 7) is 4.84. The Morgan fingerprint density at radius 2 is 2.00 bits per heavy atom. The van der Waals surface area contributed by atoms with Crippen molar-refractivity contribution in [2.45, 2.75) is 45.6 Å². The smallest absolute Gasteiger partial charge is 0.217 e. The Kier molecular flexibility index (Phi) is 3.86. The van der Waals surface area contributed by atoms with E-state index in [9.17, 15) is 14.9 Å². The third kappa shape index (κ3) is 3.46. The summed E-state index contributed by atoms with van der Waals surface area (Å²) in [5.41, 5.74) is -0.967. The summed E-state index contributed by atoms with van der Waals surface area (Å²) in [7, 11) is 0. The van der Waals surface area contributed by atoms with Crippen molar-refractivity contribution in [3.8, 4) is 0 Å². The van der Waals surface area contributed by atoms with Crippen LogP contribution in [0.15, 0.2) is 0 Å². The maximum atomic E-state index is 10.9. The highest BCUT2D eigenvalue weighted by molar-refractivity contribution is 5.77. The van der Waals surface area contributed by atoms with Crippen LogP contribution in [0.25, 0.3) is 0 Å². The molecule has 12 heavy (non-hydrogen) atoms. The van der Waals surface area contributed by atoms with E-state index in [0.717, 1.165) is 0 Å². The topological polar surface area (TPSA) is 60.2 Å². The third-order valence-corrected chi connectivity index (χ3v) is 1.90. The molecule has 0 bridgehead atoms. The fourth-order valence-electron chi connectivity index (χ4n) is 0.713. The minimum absolute atomic E-state index is 0.0879. The second-order valence-electron chi connectivity index (χ2n) is 3.46. The number of rotatable bonds is 5. The van der Waals surface area contributed by atoms with Crippen LogP contribution in [0.4, 0.5) is 0 Å². The van der Waals surface area contributed by atoms with Crippen molar-refractivity contribution >= 4 is 5.78 Å². The first-order valence-electron chi connectivity index (χ1n) is 4.06. The third-order valence-electron chi connectivity index (χ3n) is 1.90. The van der Waals surface area contributed by atoms with Crippen LogP contribution in [0, 0.1) is 10.1 Å². The molecule has 0 saturated heterocycles. The van der Waals surface area contributed by atoms with Gasteiger partial charge in [-0.2, -0.15) is 0 Å². The Morgan fingerprint density at radius 1 is 1.50 bits per heavy atom. The number of nitro groups is 1. The van der Waals surface area contributed by atoms with E-state index in [1.165, 1.54) is 13.8 Å². The summed E-state index contributed by atoms with van der Waals surface area (Å²) in [5, 5.41) is 10.4. The summed E-state index contributed by atoms with van der Waals surface area (Å²) in [6, 6.07) is 0. The second kappa shape index (κ2) is 4.18. The molecule has 0 radical (unpaired) electrons. The summed E-state index contributed by atoms with van der Waals surface area (Å²) < 4.78 is 0. The maximum absolute atomic E-state index is 10.9. The number of carbonyl (C=O) groups is 1. The number of carbonyl (C=O) groups excluding carboxylic acids is 1. The molecule has 70 valence electrons. The van der Waals surface area contributed by atoms with Crippen molar-refractivity contribution < 1.29 is 9.72 Å². The van der Waals surface area contributed by atoms with Gasteiger partial charge in [0.05, 0.1) is 0 Å². The van der Waals surface area contributed by atoms with Crippen LogP contribution in [0.1, 0.15) is 40.0 Å². The van der Waals surface area contributed by atoms with E-state index >= 15 is 0 Å². The molecule has 0 aliphatic heterocycles. The van der Waals surface area contributed by atoms with E-state index in [-0.39, 0.29) is 10.7 Å². The standard InChI is InChI=1S/C8H15NO3/c1-4-7(10)5-6-8(2,3)9(11)12/h4-6H2,1-3H3. The van der Waals surface area contributed by atoms with Crippen molar-refractivity contribution in [1.29, 1.82) is 0 Å². The molecule has 0 N–H and O–H groups in total. The average Bonchev–Trinajstić information content (AvgIpc) is 2.00. The number of hydrogen-bond acceptors (Lipinski definition) is 3. The predicted molar refractivity (Wildman–Crippen MR) is 45.6 cm³/mol. The van der Waals surface area contributed by atoms with Gasteiger partial charge in [0.1, 0.15) is 5.78 Å². The molecule has 0 atom stereocenters. The fraction of sp³-hybridized carbons (Fsp3) is 0.875. The van der Waals surface area contributed by atoms with Gasteiger partial charge in [-0.15, -0.1) is 0 Å². The van der Waals surface area contributed by atoms with Crippen LogP contribution < -0.4 is 0 Å². The van der Waals surface area contributed by atoms with E-state index in [2.05, 4.69) is 0 Å². The molecule has 0 aromatic heterocycles. The highest BCUT2D eigenvalue weighted by atomic mass is 16.6. The Balaban J connectivity index is 3.92. The molecule has 0 rings (SSSR count). The van der Waals surface area contributed by atoms with Crippen molar-refractivity contribution in [3.05, 3.63) is 10.1 Å². The first-order chi connectivity index (χ1) is 5.40. The largest absolute Gasteiger partial charge is 0.300 e. The Bertz CT molecular complexity index is 187. The van der Waals surface area contributed by atoms with Gasteiger partial charge >= 0.3 is 0 Å². The zero-order chi connectivity index (χ0) is 9.78. The van der Waals surface area contributed by atoms with Gasteiger partial charge in [0, 0.05) is 38.0 Å². The van der Waals surface area contributed by atoms with Crippen molar-refractivity contribution in [2.24, 2.45) is 0 Å². The molecular weight excluding hydrogens is 158 g/mol. The number of hydrogen-bond donors (Lipinski definition) is 0. The lowest BCUT2D eigenvalue weighted by atomic mass is 9.97. The monoisotopic (exact) mass is 173 g/mol. The van der Waals surface area contributed by atoms with Crippen molar-refractivity contribution in [3.63, 3.8) is 0 Å². The Morgan fingerprint density at radius 3 is 2.33 bits per heavy atom.